The standard InChI is InChI=1S/C23H16N4O4/c28-16-11-12-17(29)27(16)31-23(30)21-18(14-7-3-1-4-8-14)20-22(25-13-24-20)19(26-21)15-9-5-2-6-10-15/h1-13,28-29H,(H,24,25). The van der Waals surface area contributed by atoms with Crippen LogP contribution in [-0.2, 0) is 0 Å². The van der Waals surface area contributed by atoms with Crippen molar-refractivity contribution in [3.8, 4) is 34.1 Å². The molecule has 0 aliphatic rings. The lowest BCUT2D eigenvalue weighted by atomic mass is 9.99. The molecule has 2 aromatic carbocycles. The van der Waals surface area contributed by atoms with E-state index in [0.717, 1.165) is 11.1 Å². The molecule has 0 radical (unpaired) electrons. The molecule has 5 rings (SSSR count). The van der Waals surface area contributed by atoms with Gasteiger partial charge in [0.05, 0.1) is 17.5 Å². The Morgan fingerprint density at radius 1 is 0.871 bits per heavy atom. The van der Waals surface area contributed by atoms with Gasteiger partial charge in [0.1, 0.15) is 5.52 Å². The number of H-pyrrole nitrogens is 1. The van der Waals surface area contributed by atoms with Crippen molar-refractivity contribution in [3.05, 3.63) is 84.8 Å². The van der Waals surface area contributed by atoms with Gasteiger partial charge in [-0.15, -0.1) is 4.73 Å². The topological polar surface area (TPSA) is 113 Å². The average molecular weight is 412 g/mol. The van der Waals surface area contributed by atoms with Crippen molar-refractivity contribution in [1.29, 1.82) is 0 Å². The van der Waals surface area contributed by atoms with Crippen LogP contribution >= 0.6 is 0 Å². The first-order chi connectivity index (χ1) is 15.1. The number of nitrogens with one attached hydrogen (secondary N) is 1. The minimum absolute atomic E-state index is 0.00264. The maximum atomic E-state index is 13.2. The Morgan fingerprint density at radius 2 is 1.48 bits per heavy atom. The summed E-state index contributed by atoms with van der Waals surface area (Å²) in [4.78, 5) is 30.7. The highest BCUT2D eigenvalue weighted by molar-refractivity contribution is 6.08. The largest absolute Gasteiger partial charge is 0.492 e. The summed E-state index contributed by atoms with van der Waals surface area (Å²) < 4.78 is 0.635. The van der Waals surface area contributed by atoms with E-state index in [1.165, 1.54) is 12.1 Å². The first-order valence-electron chi connectivity index (χ1n) is 9.43. The van der Waals surface area contributed by atoms with Crippen LogP contribution in [0.1, 0.15) is 10.5 Å². The summed E-state index contributed by atoms with van der Waals surface area (Å²) in [5, 5.41) is 19.7. The van der Waals surface area contributed by atoms with Crippen molar-refractivity contribution >= 4 is 17.0 Å². The van der Waals surface area contributed by atoms with Gasteiger partial charge in [-0.25, -0.2) is 14.8 Å². The van der Waals surface area contributed by atoms with Crippen molar-refractivity contribution < 1.29 is 19.8 Å². The highest BCUT2D eigenvalue weighted by Gasteiger charge is 2.25. The van der Waals surface area contributed by atoms with E-state index in [-0.39, 0.29) is 5.69 Å². The van der Waals surface area contributed by atoms with E-state index < -0.39 is 17.7 Å². The molecule has 3 heterocycles. The van der Waals surface area contributed by atoms with Gasteiger partial charge >= 0.3 is 5.97 Å². The number of aromatic hydroxyl groups is 2. The quantitative estimate of drug-likeness (QED) is 0.414. The smallest absolute Gasteiger partial charge is 0.382 e. The van der Waals surface area contributed by atoms with Gasteiger partial charge in [0, 0.05) is 23.3 Å². The fourth-order valence-electron chi connectivity index (χ4n) is 3.45. The normalized spacial score (nSPS) is 11.0. The third-order valence-corrected chi connectivity index (χ3v) is 4.85. The molecule has 0 atom stereocenters. The molecule has 0 spiro atoms. The van der Waals surface area contributed by atoms with Crippen LogP contribution in [-0.4, -0.2) is 35.9 Å². The second-order valence-electron chi connectivity index (χ2n) is 6.77. The van der Waals surface area contributed by atoms with Gasteiger partial charge in [0.15, 0.2) is 5.69 Å². The third-order valence-electron chi connectivity index (χ3n) is 4.85. The van der Waals surface area contributed by atoms with E-state index in [1.807, 2.05) is 60.7 Å². The molecule has 3 aromatic heterocycles. The first-order valence-corrected chi connectivity index (χ1v) is 9.43. The van der Waals surface area contributed by atoms with Crippen LogP contribution in [0.25, 0.3) is 33.4 Å². The lowest BCUT2D eigenvalue weighted by Crippen LogP contribution is -2.21. The third kappa shape index (κ3) is 3.16. The number of pyridine rings is 1. The van der Waals surface area contributed by atoms with Gasteiger partial charge in [-0.05, 0) is 5.56 Å². The van der Waals surface area contributed by atoms with Gasteiger partial charge < -0.3 is 20.0 Å². The zero-order valence-corrected chi connectivity index (χ0v) is 16.1. The number of nitrogens with zero attached hydrogens (tertiary/aromatic N) is 3. The van der Waals surface area contributed by atoms with Gasteiger partial charge in [-0.2, -0.15) is 0 Å². The van der Waals surface area contributed by atoms with Crippen LogP contribution in [0.5, 0.6) is 11.8 Å². The Kier molecular flexibility index (Phi) is 4.37. The fraction of sp³-hybridized carbons (Fsp3) is 0. The van der Waals surface area contributed by atoms with E-state index in [9.17, 15) is 15.0 Å². The Balaban J connectivity index is 1.76. The minimum Gasteiger partial charge on any atom is -0.492 e. The molecule has 0 fully saturated rings. The number of aromatic nitrogens is 4. The molecule has 8 heteroatoms. The maximum absolute atomic E-state index is 13.2. The van der Waals surface area contributed by atoms with E-state index in [1.54, 1.807) is 6.33 Å². The predicted octanol–water partition coefficient (Wildman–Crippen LogP) is 3.77. The van der Waals surface area contributed by atoms with Crippen LogP contribution in [0.2, 0.25) is 0 Å². The van der Waals surface area contributed by atoms with E-state index in [4.69, 9.17) is 4.84 Å². The van der Waals surface area contributed by atoms with Crippen LogP contribution in [0.4, 0.5) is 0 Å². The van der Waals surface area contributed by atoms with Gasteiger partial charge in [-0.3, -0.25) is 0 Å². The Labute approximate surface area is 176 Å². The second-order valence-corrected chi connectivity index (χ2v) is 6.77. The van der Waals surface area contributed by atoms with Crippen LogP contribution in [0.15, 0.2) is 79.1 Å². The molecular formula is C23H16N4O4. The Hall–Kier alpha value is -4.59. The molecule has 0 amide bonds. The number of fused-ring (bicyclic) bond motifs is 1. The molecule has 0 bridgehead atoms. The van der Waals surface area contributed by atoms with Crippen LogP contribution in [0.3, 0.4) is 0 Å². The number of benzene rings is 2. The molecule has 5 aromatic rings. The number of imidazole rings is 1. The van der Waals surface area contributed by atoms with Crippen molar-refractivity contribution in [2.45, 2.75) is 0 Å². The molecule has 8 nitrogen and oxygen atoms in total. The fourth-order valence-corrected chi connectivity index (χ4v) is 3.45. The lowest BCUT2D eigenvalue weighted by molar-refractivity contribution is 0.0376. The predicted molar refractivity (Wildman–Crippen MR) is 113 cm³/mol. The highest BCUT2D eigenvalue weighted by atomic mass is 16.7. The number of carbonyl (C=O) groups is 1. The van der Waals surface area contributed by atoms with Crippen molar-refractivity contribution in [3.63, 3.8) is 0 Å². The van der Waals surface area contributed by atoms with Crippen molar-refractivity contribution in [1.82, 2.24) is 19.7 Å². The minimum atomic E-state index is -0.859. The number of carbonyl (C=O) groups excluding carboxylic acids is 1. The molecule has 0 aliphatic carbocycles. The van der Waals surface area contributed by atoms with Crippen LogP contribution < -0.4 is 4.84 Å². The number of rotatable bonds is 4. The molecule has 0 saturated heterocycles. The van der Waals surface area contributed by atoms with E-state index >= 15 is 0 Å². The maximum Gasteiger partial charge on any atom is 0.382 e. The summed E-state index contributed by atoms with van der Waals surface area (Å²) >= 11 is 0. The van der Waals surface area contributed by atoms with Gasteiger partial charge in [0.2, 0.25) is 11.8 Å². The molecule has 0 aliphatic heterocycles. The molecule has 31 heavy (non-hydrogen) atoms. The molecule has 152 valence electrons. The number of hydrogen-bond donors (Lipinski definition) is 3. The monoisotopic (exact) mass is 412 g/mol. The Bertz CT molecular complexity index is 1370. The Morgan fingerprint density at radius 3 is 2.13 bits per heavy atom. The first kappa shape index (κ1) is 18.4. The average Bonchev–Trinajstić information content (AvgIpc) is 3.41. The lowest BCUT2D eigenvalue weighted by Gasteiger charge is -2.13. The SMILES string of the molecule is O=C(On1c(O)ccc1O)c1nc(-c2ccccc2)c2[nH]cnc2c1-c1ccccc1. The zero-order valence-electron chi connectivity index (χ0n) is 16.1. The summed E-state index contributed by atoms with van der Waals surface area (Å²) in [6.07, 6.45) is 1.55. The molecule has 0 unspecified atom stereocenters. The molecule has 0 saturated carbocycles. The van der Waals surface area contributed by atoms with Crippen molar-refractivity contribution in [2.24, 2.45) is 0 Å². The zero-order chi connectivity index (χ0) is 21.4. The highest BCUT2D eigenvalue weighted by Crippen LogP contribution is 2.35. The number of aromatic amines is 1. The van der Waals surface area contributed by atoms with E-state index in [0.29, 0.717) is 27.0 Å². The van der Waals surface area contributed by atoms with Gasteiger partial charge in [-0.1, -0.05) is 60.7 Å². The second kappa shape index (κ2) is 7.34. The van der Waals surface area contributed by atoms with E-state index in [2.05, 4.69) is 15.0 Å². The van der Waals surface area contributed by atoms with Gasteiger partial charge in [0.25, 0.3) is 0 Å². The molecule has 3 N–H and O–H groups in total. The number of hydrogen-bond acceptors (Lipinski definition) is 6. The molecular weight excluding hydrogens is 396 g/mol. The van der Waals surface area contributed by atoms with Crippen LogP contribution in [0, 0.1) is 0 Å². The summed E-state index contributed by atoms with van der Waals surface area (Å²) in [6, 6.07) is 21.0. The summed E-state index contributed by atoms with van der Waals surface area (Å²) in [6.45, 7) is 0. The summed E-state index contributed by atoms with van der Waals surface area (Å²) in [5.74, 6) is -1.70. The summed E-state index contributed by atoms with van der Waals surface area (Å²) in [7, 11) is 0. The van der Waals surface area contributed by atoms with Crippen molar-refractivity contribution in [2.75, 3.05) is 0 Å². The summed E-state index contributed by atoms with van der Waals surface area (Å²) in [5.41, 5.74) is 3.74.